The summed E-state index contributed by atoms with van der Waals surface area (Å²) in [5.41, 5.74) is 0.694. The highest BCUT2D eigenvalue weighted by Crippen LogP contribution is 2.26. The fourth-order valence-electron chi connectivity index (χ4n) is 3.75. The van der Waals surface area contributed by atoms with Crippen molar-refractivity contribution in [2.45, 2.75) is 52.5 Å². The Hall–Kier alpha value is -1.59. The van der Waals surface area contributed by atoms with Crippen molar-refractivity contribution in [1.82, 2.24) is 10.2 Å². The molecule has 0 aliphatic heterocycles. The summed E-state index contributed by atoms with van der Waals surface area (Å²) in [7, 11) is 0. The SMILES string of the molecule is CCOCCOc1ccc(C(=O)NC2CCCCC2CN(CC)CC)cc1. The second-order valence-electron chi connectivity index (χ2n) is 7.18. The van der Waals surface area contributed by atoms with E-state index in [4.69, 9.17) is 9.47 Å². The number of nitrogens with one attached hydrogen (secondary N) is 1. The van der Waals surface area contributed by atoms with E-state index in [0.29, 0.717) is 31.3 Å². The summed E-state index contributed by atoms with van der Waals surface area (Å²) in [5.74, 6) is 1.33. The lowest BCUT2D eigenvalue weighted by atomic mass is 9.84. The molecule has 1 N–H and O–H groups in total. The van der Waals surface area contributed by atoms with Gasteiger partial charge in [0.1, 0.15) is 12.4 Å². The zero-order valence-electron chi connectivity index (χ0n) is 17.2. The van der Waals surface area contributed by atoms with Crippen LogP contribution in [0.5, 0.6) is 5.75 Å². The van der Waals surface area contributed by atoms with Gasteiger partial charge in [-0.15, -0.1) is 0 Å². The lowest BCUT2D eigenvalue weighted by Crippen LogP contribution is -2.46. The second kappa shape index (κ2) is 12.0. The van der Waals surface area contributed by atoms with Gasteiger partial charge in [0.15, 0.2) is 0 Å². The van der Waals surface area contributed by atoms with E-state index in [1.54, 1.807) is 0 Å². The predicted octanol–water partition coefficient (Wildman–Crippen LogP) is 3.73. The third-order valence-electron chi connectivity index (χ3n) is 5.43. The molecule has 0 heterocycles. The first-order valence-corrected chi connectivity index (χ1v) is 10.5. The summed E-state index contributed by atoms with van der Waals surface area (Å²) in [6, 6.07) is 7.67. The molecule has 0 spiro atoms. The Morgan fingerprint density at radius 2 is 1.78 bits per heavy atom. The smallest absolute Gasteiger partial charge is 0.251 e. The van der Waals surface area contributed by atoms with Crippen LogP contribution in [0, 0.1) is 5.92 Å². The van der Waals surface area contributed by atoms with Gasteiger partial charge in [-0.3, -0.25) is 4.79 Å². The molecule has 2 atom stereocenters. The van der Waals surface area contributed by atoms with E-state index in [1.165, 1.54) is 19.3 Å². The number of hydrogen-bond donors (Lipinski definition) is 1. The zero-order valence-corrected chi connectivity index (χ0v) is 17.2. The first-order chi connectivity index (χ1) is 13.2. The standard InChI is InChI=1S/C22H36N2O3/c1-4-24(5-2)17-19-9-7-8-10-21(19)23-22(25)18-11-13-20(14-12-18)27-16-15-26-6-3/h11-14,19,21H,4-10,15-17H2,1-3H3,(H,23,25). The first kappa shape index (κ1) is 21.7. The van der Waals surface area contributed by atoms with Gasteiger partial charge in [0.2, 0.25) is 0 Å². The Kier molecular flexibility index (Phi) is 9.64. The highest BCUT2D eigenvalue weighted by atomic mass is 16.5. The van der Waals surface area contributed by atoms with Gasteiger partial charge in [0.05, 0.1) is 6.61 Å². The number of hydrogen-bond acceptors (Lipinski definition) is 4. The molecule has 1 aromatic rings. The van der Waals surface area contributed by atoms with Crippen molar-refractivity contribution in [2.24, 2.45) is 5.92 Å². The molecule has 1 aliphatic carbocycles. The normalized spacial score (nSPS) is 19.9. The van der Waals surface area contributed by atoms with Gasteiger partial charge in [-0.05, 0) is 63.0 Å². The average Bonchev–Trinajstić information content (AvgIpc) is 2.71. The monoisotopic (exact) mass is 376 g/mol. The fourth-order valence-corrected chi connectivity index (χ4v) is 3.75. The lowest BCUT2D eigenvalue weighted by molar-refractivity contribution is 0.0888. The van der Waals surface area contributed by atoms with Crippen molar-refractivity contribution in [3.63, 3.8) is 0 Å². The summed E-state index contributed by atoms with van der Waals surface area (Å²) >= 11 is 0. The molecule has 5 nitrogen and oxygen atoms in total. The molecule has 0 saturated heterocycles. The van der Waals surface area contributed by atoms with Gasteiger partial charge in [-0.25, -0.2) is 0 Å². The molecule has 1 aliphatic rings. The minimum absolute atomic E-state index is 0.0207. The maximum Gasteiger partial charge on any atom is 0.251 e. The van der Waals surface area contributed by atoms with Gasteiger partial charge in [-0.1, -0.05) is 26.7 Å². The van der Waals surface area contributed by atoms with Crippen LogP contribution in [0.3, 0.4) is 0 Å². The molecular weight excluding hydrogens is 340 g/mol. The van der Waals surface area contributed by atoms with E-state index >= 15 is 0 Å². The first-order valence-electron chi connectivity index (χ1n) is 10.5. The molecule has 0 bridgehead atoms. The molecule has 1 saturated carbocycles. The summed E-state index contributed by atoms with van der Waals surface area (Å²) in [6.45, 7) is 11.4. The van der Waals surface area contributed by atoms with Crippen LogP contribution in [-0.4, -0.2) is 56.3 Å². The summed E-state index contributed by atoms with van der Waals surface area (Å²) < 4.78 is 10.9. The van der Waals surface area contributed by atoms with Crippen LogP contribution in [0.1, 0.15) is 56.8 Å². The predicted molar refractivity (Wildman–Crippen MR) is 109 cm³/mol. The van der Waals surface area contributed by atoms with Crippen molar-refractivity contribution < 1.29 is 14.3 Å². The molecule has 5 heteroatoms. The molecule has 1 fully saturated rings. The molecular formula is C22H36N2O3. The Morgan fingerprint density at radius 1 is 1.07 bits per heavy atom. The molecule has 1 amide bonds. The fraction of sp³-hybridized carbons (Fsp3) is 0.682. The maximum absolute atomic E-state index is 12.7. The Bertz CT molecular complexity index is 543. The average molecular weight is 377 g/mol. The van der Waals surface area contributed by atoms with Crippen molar-refractivity contribution in [1.29, 1.82) is 0 Å². The molecule has 0 radical (unpaired) electrons. The van der Waals surface area contributed by atoms with Crippen LogP contribution < -0.4 is 10.1 Å². The minimum Gasteiger partial charge on any atom is -0.491 e. The van der Waals surface area contributed by atoms with Crippen LogP contribution in [0.25, 0.3) is 0 Å². The summed E-state index contributed by atoms with van der Waals surface area (Å²) in [6.07, 6.45) is 4.75. The van der Waals surface area contributed by atoms with E-state index in [0.717, 1.165) is 31.8 Å². The second-order valence-corrected chi connectivity index (χ2v) is 7.18. The number of ether oxygens (including phenoxy) is 2. The maximum atomic E-state index is 12.7. The highest BCUT2D eigenvalue weighted by Gasteiger charge is 2.27. The van der Waals surface area contributed by atoms with Crippen LogP contribution in [-0.2, 0) is 4.74 Å². The number of rotatable bonds is 11. The van der Waals surface area contributed by atoms with E-state index in [-0.39, 0.29) is 11.9 Å². The topological polar surface area (TPSA) is 50.8 Å². The number of amides is 1. The molecule has 0 aromatic heterocycles. The van der Waals surface area contributed by atoms with Crippen molar-refractivity contribution in [3.05, 3.63) is 29.8 Å². The van der Waals surface area contributed by atoms with E-state index in [1.807, 2.05) is 31.2 Å². The summed E-state index contributed by atoms with van der Waals surface area (Å²) in [4.78, 5) is 15.2. The Labute approximate surface area is 164 Å². The Morgan fingerprint density at radius 3 is 2.44 bits per heavy atom. The van der Waals surface area contributed by atoms with Gasteiger partial charge in [0.25, 0.3) is 5.91 Å². The Balaban J connectivity index is 1.88. The van der Waals surface area contributed by atoms with Crippen LogP contribution in [0.2, 0.25) is 0 Å². The van der Waals surface area contributed by atoms with Crippen molar-refractivity contribution in [3.8, 4) is 5.75 Å². The van der Waals surface area contributed by atoms with Gasteiger partial charge >= 0.3 is 0 Å². The number of carbonyl (C=O) groups excluding carboxylic acids is 1. The third kappa shape index (κ3) is 7.15. The largest absolute Gasteiger partial charge is 0.491 e. The van der Waals surface area contributed by atoms with E-state index in [9.17, 15) is 4.79 Å². The summed E-state index contributed by atoms with van der Waals surface area (Å²) in [5, 5.41) is 3.29. The van der Waals surface area contributed by atoms with Gasteiger partial charge < -0.3 is 19.7 Å². The number of benzene rings is 1. The van der Waals surface area contributed by atoms with Crippen molar-refractivity contribution >= 4 is 5.91 Å². The number of nitrogens with zero attached hydrogens (tertiary/aromatic N) is 1. The van der Waals surface area contributed by atoms with Crippen LogP contribution >= 0.6 is 0 Å². The zero-order chi connectivity index (χ0) is 19.5. The minimum atomic E-state index is 0.0207. The molecule has 2 rings (SSSR count). The third-order valence-corrected chi connectivity index (χ3v) is 5.43. The van der Waals surface area contributed by atoms with E-state index < -0.39 is 0 Å². The molecule has 2 unspecified atom stereocenters. The highest BCUT2D eigenvalue weighted by molar-refractivity contribution is 5.94. The van der Waals surface area contributed by atoms with Gasteiger partial charge in [0, 0.05) is 24.8 Å². The van der Waals surface area contributed by atoms with Gasteiger partial charge in [-0.2, -0.15) is 0 Å². The molecule has 1 aromatic carbocycles. The molecule has 27 heavy (non-hydrogen) atoms. The quantitative estimate of drug-likeness (QED) is 0.598. The molecule has 152 valence electrons. The van der Waals surface area contributed by atoms with E-state index in [2.05, 4.69) is 24.1 Å². The van der Waals surface area contributed by atoms with Crippen LogP contribution in [0.15, 0.2) is 24.3 Å². The van der Waals surface area contributed by atoms with Crippen LogP contribution in [0.4, 0.5) is 0 Å². The lowest BCUT2D eigenvalue weighted by Gasteiger charge is -2.35. The van der Waals surface area contributed by atoms with Crippen molar-refractivity contribution in [2.75, 3.05) is 39.5 Å². The number of carbonyl (C=O) groups is 1.